The quantitative estimate of drug-likeness (QED) is 0.866. The lowest BCUT2D eigenvalue weighted by atomic mass is 10.0. The summed E-state index contributed by atoms with van der Waals surface area (Å²) in [6.07, 6.45) is 0. The van der Waals surface area contributed by atoms with E-state index in [0.717, 1.165) is 5.69 Å². The summed E-state index contributed by atoms with van der Waals surface area (Å²) < 4.78 is 14.9. The van der Waals surface area contributed by atoms with Crippen LogP contribution in [0.15, 0.2) is 51.9 Å². The van der Waals surface area contributed by atoms with Gasteiger partial charge in [-0.15, -0.1) is 0 Å². The first kappa shape index (κ1) is 14.4. The minimum Gasteiger partial charge on any atom is -0.369 e. The predicted octanol–water partition coefficient (Wildman–Crippen LogP) is 4.12. The number of hydrogen-bond donors (Lipinski definition) is 1. The van der Waals surface area contributed by atoms with E-state index in [1.807, 2.05) is 18.2 Å². The average Bonchev–Trinajstić information content (AvgIpc) is 2.80. The number of guanidine groups is 1. The van der Waals surface area contributed by atoms with E-state index in [9.17, 15) is 4.39 Å². The van der Waals surface area contributed by atoms with Crippen LogP contribution in [0.4, 0.5) is 10.1 Å². The number of hydrogen-bond acceptors (Lipinski definition) is 3. The van der Waals surface area contributed by atoms with E-state index < -0.39 is 0 Å². The van der Waals surface area contributed by atoms with Crippen molar-refractivity contribution < 1.29 is 4.39 Å². The topological polar surface area (TPSA) is 41.6 Å². The highest BCUT2D eigenvalue weighted by atomic mass is 79.9. The maximum absolute atomic E-state index is 14.2. The van der Waals surface area contributed by atoms with E-state index in [1.165, 1.54) is 6.07 Å². The number of nitrogens with zero attached hydrogens (tertiary/aromatic N) is 2. The molecular formula is C15H12BrClFN3. The molecule has 0 aliphatic carbocycles. The molecule has 1 heterocycles. The fourth-order valence-corrected chi connectivity index (χ4v) is 2.96. The number of rotatable bonds is 2. The van der Waals surface area contributed by atoms with Crippen molar-refractivity contribution in [1.82, 2.24) is 0 Å². The fourth-order valence-electron chi connectivity index (χ4n) is 2.44. The number of anilines is 1. The Kier molecular flexibility index (Phi) is 3.87. The van der Waals surface area contributed by atoms with Crippen molar-refractivity contribution in [2.45, 2.75) is 6.04 Å². The summed E-state index contributed by atoms with van der Waals surface area (Å²) in [6, 6.07) is 12.0. The number of nitrogens with two attached hydrogens (primary N) is 1. The van der Waals surface area contributed by atoms with Crippen LogP contribution in [0.3, 0.4) is 0 Å². The maximum atomic E-state index is 14.2. The summed E-state index contributed by atoms with van der Waals surface area (Å²) >= 11 is 9.29. The zero-order valence-corrected chi connectivity index (χ0v) is 13.3. The third kappa shape index (κ3) is 2.76. The molecule has 0 spiro atoms. The Bertz CT molecular complexity index is 720. The second kappa shape index (κ2) is 5.66. The molecule has 108 valence electrons. The molecule has 21 heavy (non-hydrogen) atoms. The molecule has 0 fully saturated rings. The Morgan fingerprint density at radius 1 is 1.29 bits per heavy atom. The van der Waals surface area contributed by atoms with E-state index in [0.29, 0.717) is 27.6 Å². The second-order valence-corrected chi connectivity index (χ2v) is 6.08. The van der Waals surface area contributed by atoms with Gasteiger partial charge in [0.15, 0.2) is 5.96 Å². The van der Waals surface area contributed by atoms with Gasteiger partial charge in [0.05, 0.1) is 12.6 Å². The molecule has 0 radical (unpaired) electrons. The third-order valence-corrected chi connectivity index (χ3v) is 4.12. The van der Waals surface area contributed by atoms with Gasteiger partial charge in [-0.05, 0) is 30.3 Å². The molecule has 6 heteroatoms. The standard InChI is InChI=1S/C15H12BrClFN3/c16-9-4-5-12(13(18)6-9)14-8-20-15(19)21(14)11-3-1-2-10(17)7-11/h1-7,14H,8H2,(H2,19,20). The predicted molar refractivity (Wildman–Crippen MR) is 87.3 cm³/mol. The summed E-state index contributed by atoms with van der Waals surface area (Å²) in [7, 11) is 0. The minimum absolute atomic E-state index is 0.267. The molecule has 1 unspecified atom stereocenters. The molecule has 3 rings (SSSR count). The van der Waals surface area contributed by atoms with Crippen molar-refractivity contribution in [1.29, 1.82) is 0 Å². The minimum atomic E-state index is -0.286. The van der Waals surface area contributed by atoms with Crippen LogP contribution in [0.1, 0.15) is 11.6 Å². The van der Waals surface area contributed by atoms with Gasteiger partial charge in [-0.3, -0.25) is 4.99 Å². The Hall–Kier alpha value is -1.59. The third-order valence-electron chi connectivity index (χ3n) is 3.39. The molecule has 1 aliphatic heterocycles. The number of halogens is 3. The summed E-state index contributed by atoms with van der Waals surface area (Å²) in [5.41, 5.74) is 7.33. The van der Waals surface area contributed by atoms with E-state index in [2.05, 4.69) is 20.9 Å². The smallest absolute Gasteiger partial charge is 0.196 e. The molecule has 2 aromatic rings. The average molecular weight is 369 g/mol. The van der Waals surface area contributed by atoms with Crippen LogP contribution >= 0.6 is 27.5 Å². The molecule has 3 nitrogen and oxygen atoms in total. The van der Waals surface area contributed by atoms with E-state index in [1.54, 1.807) is 23.1 Å². The van der Waals surface area contributed by atoms with Gasteiger partial charge >= 0.3 is 0 Å². The highest BCUT2D eigenvalue weighted by Crippen LogP contribution is 2.34. The van der Waals surface area contributed by atoms with E-state index >= 15 is 0 Å². The lowest BCUT2D eigenvalue weighted by Gasteiger charge is -2.27. The van der Waals surface area contributed by atoms with Gasteiger partial charge in [-0.2, -0.15) is 0 Å². The molecule has 1 aliphatic rings. The summed E-state index contributed by atoms with van der Waals surface area (Å²) in [6.45, 7) is 0.414. The lowest BCUT2D eigenvalue weighted by molar-refractivity contribution is 0.588. The molecule has 0 bridgehead atoms. The molecule has 0 aromatic heterocycles. The van der Waals surface area contributed by atoms with Gasteiger partial charge in [-0.25, -0.2) is 4.39 Å². The van der Waals surface area contributed by atoms with Crippen molar-refractivity contribution >= 4 is 39.2 Å². The first-order valence-corrected chi connectivity index (χ1v) is 7.53. The van der Waals surface area contributed by atoms with Crippen LogP contribution in [0, 0.1) is 5.82 Å². The highest BCUT2D eigenvalue weighted by molar-refractivity contribution is 9.10. The van der Waals surface area contributed by atoms with Crippen molar-refractivity contribution in [2.75, 3.05) is 11.4 Å². The highest BCUT2D eigenvalue weighted by Gasteiger charge is 2.30. The van der Waals surface area contributed by atoms with Gasteiger partial charge in [0.2, 0.25) is 0 Å². The van der Waals surface area contributed by atoms with Crippen molar-refractivity contribution in [3.05, 3.63) is 63.3 Å². The van der Waals surface area contributed by atoms with Crippen molar-refractivity contribution in [2.24, 2.45) is 10.7 Å². The lowest BCUT2D eigenvalue weighted by Crippen LogP contribution is -2.36. The summed E-state index contributed by atoms with van der Waals surface area (Å²) in [4.78, 5) is 6.05. The molecule has 0 saturated heterocycles. The van der Waals surface area contributed by atoms with Crippen molar-refractivity contribution in [3.63, 3.8) is 0 Å². The molecule has 0 amide bonds. The first-order chi connectivity index (χ1) is 10.1. The maximum Gasteiger partial charge on any atom is 0.196 e. The Morgan fingerprint density at radius 3 is 2.81 bits per heavy atom. The number of benzene rings is 2. The molecule has 0 saturated carbocycles. The van der Waals surface area contributed by atoms with E-state index in [4.69, 9.17) is 17.3 Å². The zero-order chi connectivity index (χ0) is 15.0. The molecule has 2 aromatic carbocycles. The van der Waals surface area contributed by atoms with Crippen LogP contribution in [0.2, 0.25) is 5.02 Å². The van der Waals surface area contributed by atoms with Gasteiger partial charge in [0.25, 0.3) is 0 Å². The molecule has 1 atom stereocenters. The second-order valence-electron chi connectivity index (χ2n) is 4.73. The first-order valence-electron chi connectivity index (χ1n) is 6.36. The number of aliphatic imine (C=N–C) groups is 1. The summed E-state index contributed by atoms with van der Waals surface area (Å²) in [5, 5.41) is 0.599. The zero-order valence-electron chi connectivity index (χ0n) is 10.9. The van der Waals surface area contributed by atoms with Gasteiger partial charge in [0.1, 0.15) is 5.82 Å². The van der Waals surface area contributed by atoms with Crippen molar-refractivity contribution in [3.8, 4) is 0 Å². The normalized spacial score (nSPS) is 18.0. The van der Waals surface area contributed by atoms with Crippen LogP contribution in [0.5, 0.6) is 0 Å². The largest absolute Gasteiger partial charge is 0.369 e. The van der Waals surface area contributed by atoms with Crippen LogP contribution in [-0.2, 0) is 0 Å². The van der Waals surface area contributed by atoms with Gasteiger partial charge in [-0.1, -0.05) is 39.7 Å². The summed E-state index contributed by atoms with van der Waals surface area (Å²) in [5.74, 6) is 0.0795. The van der Waals surface area contributed by atoms with Gasteiger partial charge in [0, 0.05) is 20.7 Å². The van der Waals surface area contributed by atoms with Crippen LogP contribution in [0.25, 0.3) is 0 Å². The molecule has 2 N–H and O–H groups in total. The Balaban J connectivity index is 2.03. The van der Waals surface area contributed by atoms with Gasteiger partial charge < -0.3 is 10.6 Å². The SMILES string of the molecule is NC1=NCC(c2ccc(Br)cc2F)N1c1cccc(Cl)c1. The fraction of sp³-hybridized carbons (Fsp3) is 0.133. The van der Waals surface area contributed by atoms with Crippen LogP contribution < -0.4 is 10.6 Å². The Morgan fingerprint density at radius 2 is 2.10 bits per heavy atom. The van der Waals surface area contributed by atoms with E-state index in [-0.39, 0.29) is 11.9 Å². The molecular weight excluding hydrogens is 357 g/mol. The van der Waals surface area contributed by atoms with Crippen LogP contribution in [-0.4, -0.2) is 12.5 Å². The Labute approximate surface area is 135 Å². The monoisotopic (exact) mass is 367 g/mol.